The first-order valence-electron chi connectivity index (χ1n) is 20.5. The predicted octanol–water partition coefficient (Wildman–Crippen LogP) is 13.7. The second-order valence-corrected chi connectivity index (χ2v) is 14.1. The Balaban J connectivity index is 4.10. The lowest BCUT2D eigenvalue weighted by atomic mass is 10.0. The smallest absolute Gasteiger partial charge is 0.457 e. The molecule has 0 unspecified atom stereocenters. The SMILES string of the molecule is CCCCCCCCCCCCCCCCCC(CCCCCCCCCCCCCCCCC)OC(=O)NCCOC(=O)C(F)(F)F. The molecule has 0 atom stereocenters. The Hall–Kier alpha value is -1.47. The number of ether oxygens (including phenoxy) is 2. The van der Waals surface area contributed by atoms with Crippen molar-refractivity contribution in [1.29, 1.82) is 0 Å². The lowest BCUT2D eigenvalue weighted by molar-refractivity contribution is -0.199. The van der Waals surface area contributed by atoms with Crippen LogP contribution in [-0.4, -0.2) is 37.5 Å². The van der Waals surface area contributed by atoms with E-state index in [1.807, 2.05) is 0 Å². The maximum Gasteiger partial charge on any atom is 0.490 e. The minimum atomic E-state index is -5.04. The fraction of sp³-hybridized carbons (Fsp3) is 0.950. The van der Waals surface area contributed by atoms with Crippen molar-refractivity contribution < 1.29 is 32.2 Å². The summed E-state index contributed by atoms with van der Waals surface area (Å²) in [6.45, 7) is 3.76. The van der Waals surface area contributed by atoms with E-state index in [9.17, 15) is 22.8 Å². The molecule has 0 rings (SSSR count). The maximum absolute atomic E-state index is 12.3. The Morgan fingerprint density at radius 3 is 1.08 bits per heavy atom. The molecule has 286 valence electrons. The molecule has 0 aliphatic rings. The second kappa shape index (κ2) is 35.4. The molecule has 0 saturated carbocycles. The van der Waals surface area contributed by atoms with Gasteiger partial charge in [-0.25, -0.2) is 9.59 Å². The molecule has 0 aromatic rings. The van der Waals surface area contributed by atoms with Crippen LogP contribution in [0.5, 0.6) is 0 Å². The second-order valence-electron chi connectivity index (χ2n) is 14.1. The van der Waals surface area contributed by atoms with Gasteiger partial charge in [-0.1, -0.05) is 194 Å². The van der Waals surface area contributed by atoms with E-state index in [0.717, 1.165) is 38.5 Å². The van der Waals surface area contributed by atoms with E-state index < -0.39 is 24.8 Å². The summed E-state index contributed by atoms with van der Waals surface area (Å²) in [6.07, 6.45) is 34.7. The highest BCUT2D eigenvalue weighted by molar-refractivity contribution is 5.75. The number of esters is 1. The molecule has 0 spiro atoms. The van der Waals surface area contributed by atoms with Gasteiger partial charge in [-0.2, -0.15) is 13.2 Å². The van der Waals surface area contributed by atoms with E-state index in [1.165, 1.54) is 167 Å². The molecule has 0 aliphatic carbocycles. The largest absolute Gasteiger partial charge is 0.490 e. The van der Waals surface area contributed by atoms with Crippen molar-refractivity contribution >= 4 is 12.1 Å². The molecule has 0 aromatic carbocycles. The predicted molar refractivity (Wildman–Crippen MR) is 194 cm³/mol. The summed E-state index contributed by atoms with van der Waals surface area (Å²) in [5.74, 6) is -2.25. The third-order valence-electron chi connectivity index (χ3n) is 9.37. The number of carbonyl (C=O) groups is 2. The number of rotatable bonds is 36. The fourth-order valence-electron chi connectivity index (χ4n) is 6.32. The highest BCUT2D eigenvalue weighted by Crippen LogP contribution is 2.19. The number of carbonyl (C=O) groups excluding carboxylic acids is 2. The maximum atomic E-state index is 12.3. The molecule has 0 radical (unpaired) electrons. The van der Waals surface area contributed by atoms with Gasteiger partial charge in [0.2, 0.25) is 0 Å². The van der Waals surface area contributed by atoms with Gasteiger partial charge >= 0.3 is 18.2 Å². The van der Waals surface area contributed by atoms with Crippen molar-refractivity contribution in [2.45, 2.75) is 232 Å². The van der Waals surface area contributed by atoms with E-state index in [0.29, 0.717) is 0 Å². The molecule has 1 N–H and O–H groups in total. The first-order chi connectivity index (χ1) is 23.3. The van der Waals surface area contributed by atoms with Crippen molar-refractivity contribution in [3.8, 4) is 0 Å². The number of alkyl halides is 3. The van der Waals surface area contributed by atoms with Crippen molar-refractivity contribution in [1.82, 2.24) is 5.32 Å². The molecule has 5 nitrogen and oxygen atoms in total. The summed E-state index contributed by atoms with van der Waals surface area (Å²) in [6, 6.07) is 0. The van der Waals surface area contributed by atoms with Crippen LogP contribution in [0.3, 0.4) is 0 Å². The summed E-state index contributed by atoms with van der Waals surface area (Å²) in [7, 11) is 0. The van der Waals surface area contributed by atoms with Gasteiger partial charge in [0.25, 0.3) is 0 Å². The highest BCUT2D eigenvalue weighted by Gasteiger charge is 2.40. The molecular formula is C40H76F3NO4. The quantitative estimate of drug-likeness (QED) is 0.0525. The van der Waals surface area contributed by atoms with Crippen LogP contribution in [0.15, 0.2) is 0 Å². The van der Waals surface area contributed by atoms with Crippen LogP contribution in [-0.2, 0) is 14.3 Å². The summed E-state index contributed by atoms with van der Waals surface area (Å²) in [5.41, 5.74) is 0. The molecular weight excluding hydrogens is 615 g/mol. The van der Waals surface area contributed by atoms with Gasteiger partial charge in [-0.3, -0.25) is 0 Å². The molecule has 8 heteroatoms. The van der Waals surface area contributed by atoms with Gasteiger partial charge in [0.15, 0.2) is 0 Å². The average Bonchev–Trinajstić information content (AvgIpc) is 3.05. The zero-order valence-electron chi connectivity index (χ0n) is 31.4. The van der Waals surface area contributed by atoms with Gasteiger partial charge in [-0.05, 0) is 25.7 Å². The lowest BCUT2D eigenvalue weighted by Crippen LogP contribution is -2.33. The van der Waals surface area contributed by atoms with E-state index in [1.54, 1.807) is 0 Å². The topological polar surface area (TPSA) is 64.6 Å². The van der Waals surface area contributed by atoms with Crippen LogP contribution < -0.4 is 5.32 Å². The van der Waals surface area contributed by atoms with Crippen LogP contribution in [0.4, 0.5) is 18.0 Å². The molecule has 1 amide bonds. The van der Waals surface area contributed by atoms with Gasteiger partial charge < -0.3 is 14.8 Å². The van der Waals surface area contributed by atoms with Crippen molar-refractivity contribution in [2.75, 3.05) is 13.2 Å². The number of nitrogens with one attached hydrogen (secondary N) is 1. The molecule has 0 heterocycles. The number of amides is 1. The number of halogens is 3. The molecule has 0 aromatic heterocycles. The van der Waals surface area contributed by atoms with Crippen LogP contribution in [0.2, 0.25) is 0 Å². The molecule has 0 saturated heterocycles. The van der Waals surface area contributed by atoms with Crippen LogP contribution >= 0.6 is 0 Å². The summed E-state index contributed by atoms with van der Waals surface area (Å²) >= 11 is 0. The van der Waals surface area contributed by atoms with Crippen LogP contribution in [0.25, 0.3) is 0 Å². The van der Waals surface area contributed by atoms with Gasteiger partial charge in [0.1, 0.15) is 12.7 Å². The molecule has 48 heavy (non-hydrogen) atoms. The Morgan fingerprint density at radius 1 is 0.500 bits per heavy atom. The monoisotopic (exact) mass is 692 g/mol. The van der Waals surface area contributed by atoms with Crippen LogP contribution in [0.1, 0.15) is 219 Å². The first-order valence-corrected chi connectivity index (χ1v) is 20.5. The Bertz CT molecular complexity index is 670. The number of hydrogen-bond acceptors (Lipinski definition) is 4. The number of unbranched alkanes of at least 4 members (excludes halogenated alkanes) is 28. The molecule has 0 fully saturated rings. The summed E-state index contributed by atoms with van der Waals surface area (Å²) in [4.78, 5) is 23.2. The molecule has 0 bridgehead atoms. The standard InChI is InChI=1S/C40H76F3NO4/c1-3-5-7-9-11-13-15-17-19-21-23-25-27-29-31-33-37(48-39(46)44-35-36-47-38(45)40(41,42)43)34-32-30-28-26-24-22-20-18-16-14-12-10-8-6-4-2/h37H,3-36H2,1-2H3,(H,44,46). The zero-order valence-corrected chi connectivity index (χ0v) is 31.4. The van der Waals surface area contributed by atoms with Gasteiger partial charge in [0.05, 0.1) is 6.54 Å². The van der Waals surface area contributed by atoms with E-state index in [2.05, 4.69) is 23.9 Å². The average molecular weight is 692 g/mol. The molecule has 0 aliphatic heterocycles. The summed E-state index contributed by atoms with van der Waals surface area (Å²) in [5, 5.41) is 2.42. The van der Waals surface area contributed by atoms with E-state index in [4.69, 9.17) is 4.74 Å². The minimum Gasteiger partial charge on any atom is -0.457 e. The van der Waals surface area contributed by atoms with Crippen molar-refractivity contribution in [2.24, 2.45) is 0 Å². The van der Waals surface area contributed by atoms with Gasteiger partial charge in [-0.15, -0.1) is 0 Å². The lowest BCUT2D eigenvalue weighted by Gasteiger charge is -2.18. The summed E-state index contributed by atoms with van der Waals surface area (Å²) < 4.78 is 46.7. The van der Waals surface area contributed by atoms with Crippen LogP contribution in [0, 0.1) is 0 Å². The Labute approximate surface area is 294 Å². The number of alkyl carbamates (subject to hydrolysis) is 1. The van der Waals surface area contributed by atoms with Gasteiger partial charge in [0, 0.05) is 0 Å². The van der Waals surface area contributed by atoms with Crippen molar-refractivity contribution in [3.63, 3.8) is 0 Å². The normalized spacial score (nSPS) is 11.7. The zero-order chi connectivity index (χ0) is 35.4. The Morgan fingerprint density at radius 2 is 0.792 bits per heavy atom. The first kappa shape index (κ1) is 46.5. The highest BCUT2D eigenvalue weighted by atomic mass is 19.4. The fourth-order valence-corrected chi connectivity index (χ4v) is 6.32. The van der Waals surface area contributed by atoms with E-state index in [-0.39, 0.29) is 12.6 Å². The Kier molecular flexibility index (Phi) is 34.3. The van der Waals surface area contributed by atoms with E-state index >= 15 is 0 Å². The number of hydrogen-bond donors (Lipinski definition) is 1. The third kappa shape index (κ3) is 34.4. The van der Waals surface area contributed by atoms with Crippen molar-refractivity contribution in [3.05, 3.63) is 0 Å². The minimum absolute atomic E-state index is 0.202. The third-order valence-corrected chi connectivity index (χ3v) is 9.37.